The first-order chi connectivity index (χ1) is 11.5. The van der Waals surface area contributed by atoms with Crippen molar-refractivity contribution in [1.82, 2.24) is 14.7 Å². The third-order valence-electron chi connectivity index (χ3n) is 3.97. The van der Waals surface area contributed by atoms with Crippen LogP contribution < -0.4 is 10.5 Å². The van der Waals surface area contributed by atoms with Crippen LogP contribution in [0.2, 0.25) is 5.02 Å². The minimum atomic E-state index is -0.449. The Kier molecular flexibility index (Phi) is 4.80. The van der Waals surface area contributed by atoms with E-state index in [9.17, 15) is 14.0 Å². The Morgan fingerprint density at radius 1 is 1.21 bits per heavy atom. The minimum absolute atomic E-state index is 0.0674. The molecule has 1 aliphatic rings. The Morgan fingerprint density at radius 2 is 1.96 bits per heavy atom. The Labute approximate surface area is 143 Å². The van der Waals surface area contributed by atoms with Crippen molar-refractivity contribution in [3.63, 3.8) is 0 Å². The Bertz CT molecular complexity index is 803. The molecule has 8 heteroatoms. The molecule has 1 aromatic heterocycles. The summed E-state index contributed by atoms with van der Waals surface area (Å²) in [5.74, 6) is -0.595. The summed E-state index contributed by atoms with van der Waals surface area (Å²) in [7, 11) is 0. The van der Waals surface area contributed by atoms with Crippen LogP contribution in [0, 0.1) is 5.82 Å². The molecule has 0 aliphatic carbocycles. The van der Waals surface area contributed by atoms with Crippen LogP contribution in [0.3, 0.4) is 0 Å². The molecule has 0 atom stereocenters. The molecule has 2 heterocycles. The Morgan fingerprint density at radius 3 is 2.62 bits per heavy atom. The number of halogens is 2. The number of anilines is 1. The van der Waals surface area contributed by atoms with Crippen LogP contribution in [0.5, 0.6) is 0 Å². The topological polar surface area (TPSA) is 58.4 Å². The summed E-state index contributed by atoms with van der Waals surface area (Å²) in [5.41, 5.74) is 0.528. The van der Waals surface area contributed by atoms with Gasteiger partial charge in [0.2, 0.25) is 5.91 Å². The van der Waals surface area contributed by atoms with E-state index in [1.54, 1.807) is 17.0 Å². The smallest absolute Gasteiger partial charge is 0.267 e. The predicted molar refractivity (Wildman–Crippen MR) is 88.7 cm³/mol. The van der Waals surface area contributed by atoms with Crippen LogP contribution in [0.25, 0.3) is 0 Å². The number of aromatic nitrogens is 2. The fourth-order valence-corrected chi connectivity index (χ4v) is 2.80. The highest BCUT2D eigenvalue weighted by atomic mass is 35.5. The normalized spacial score (nSPS) is 14.8. The van der Waals surface area contributed by atoms with Gasteiger partial charge in [0.1, 0.15) is 12.4 Å². The van der Waals surface area contributed by atoms with Gasteiger partial charge in [-0.2, -0.15) is 5.10 Å². The maximum Gasteiger partial charge on any atom is 0.267 e. The molecule has 24 heavy (non-hydrogen) atoms. The van der Waals surface area contributed by atoms with Gasteiger partial charge in [0, 0.05) is 44.1 Å². The zero-order valence-electron chi connectivity index (χ0n) is 12.9. The van der Waals surface area contributed by atoms with Crippen LogP contribution >= 0.6 is 11.6 Å². The zero-order chi connectivity index (χ0) is 17.1. The monoisotopic (exact) mass is 350 g/mol. The summed E-state index contributed by atoms with van der Waals surface area (Å²) in [4.78, 5) is 27.7. The van der Waals surface area contributed by atoms with E-state index in [0.717, 1.165) is 10.4 Å². The van der Waals surface area contributed by atoms with Crippen LogP contribution in [0.4, 0.5) is 10.1 Å². The van der Waals surface area contributed by atoms with Crippen LogP contribution in [0.1, 0.15) is 0 Å². The summed E-state index contributed by atoms with van der Waals surface area (Å²) in [6.07, 6.45) is 1.48. The number of amides is 1. The molecule has 2 aromatic rings. The van der Waals surface area contributed by atoms with Gasteiger partial charge in [-0.05, 0) is 24.3 Å². The first-order valence-electron chi connectivity index (χ1n) is 7.54. The highest BCUT2D eigenvalue weighted by Gasteiger charge is 2.22. The van der Waals surface area contributed by atoms with Crippen molar-refractivity contribution >= 4 is 23.2 Å². The summed E-state index contributed by atoms with van der Waals surface area (Å²) in [5, 5.41) is 3.97. The number of nitrogens with zero attached hydrogens (tertiary/aromatic N) is 4. The second kappa shape index (κ2) is 7.00. The van der Waals surface area contributed by atoms with Crippen molar-refractivity contribution in [3.05, 3.63) is 57.7 Å². The van der Waals surface area contributed by atoms with Crippen molar-refractivity contribution in [3.8, 4) is 0 Å². The lowest BCUT2D eigenvalue weighted by Crippen LogP contribution is -2.50. The fraction of sp³-hybridized carbons (Fsp3) is 0.312. The van der Waals surface area contributed by atoms with Gasteiger partial charge in [0.05, 0.1) is 5.02 Å². The van der Waals surface area contributed by atoms with Crippen molar-refractivity contribution in [2.24, 2.45) is 0 Å². The second-order valence-electron chi connectivity index (χ2n) is 5.49. The van der Waals surface area contributed by atoms with E-state index >= 15 is 0 Å². The van der Waals surface area contributed by atoms with Gasteiger partial charge in [-0.1, -0.05) is 11.6 Å². The highest BCUT2D eigenvalue weighted by molar-refractivity contribution is 6.31. The number of piperazine rings is 1. The second-order valence-corrected chi connectivity index (χ2v) is 5.89. The largest absolute Gasteiger partial charge is 0.368 e. The first kappa shape index (κ1) is 16.4. The van der Waals surface area contributed by atoms with Crippen LogP contribution in [0.15, 0.2) is 41.3 Å². The minimum Gasteiger partial charge on any atom is -0.368 e. The third kappa shape index (κ3) is 3.56. The molecule has 1 saturated heterocycles. The molecule has 0 bridgehead atoms. The Hall–Kier alpha value is -2.41. The quantitative estimate of drug-likeness (QED) is 0.839. The maximum absolute atomic E-state index is 13.2. The lowest BCUT2D eigenvalue weighted by atomic mass is 10.2. The molecule has 6 nitrogen and oxygen atoms in total. The van der Waals surface area contributed by atoms with Gasteiger partial charge >= 0.3 is 0 Å². The van der Waals surface area contributed by atoms with Crippen molar-refractivity contribution in [2.45, 2.75) is 6.54 Å². The number of hydrogen-bond donors (Lipinski definition) is 0. The van der Waals surface area contributed by atoms with Crippen molar-refractivity contribution < 1.29 is 9.18 Å². The molecule has 1 aromatic carbocycles. The summed E-state index contributed by atoms with van der Waals surface area (Å²) in [6, 6.07) is 7.50. The molecular weight excluding hydrogens is 335 g/mol. The molecule has 1 amide bonds. The van der Waals surface area contributed by atoms with Gasteiger partial charge in [0.15, 0.2) is 0 Å². The van der Waals surface area contributed by atoms with Gasteiger partial charge < -0.3 is 9.80 Å². The van der Waals surface area contributed by atoms with E-state index in [-0.39, 0.29) is 23.0 Å². The van der Waals surface area contributed by atoms with Gasteiger partial charge in [0.25, 0.3) is 5.56 Å². The van der Waals surface area contributed by atoms with Crippen molar-refractivity contribution in [1.29, 1.82) is 0 Å². The lowest BCUT2D eigenvalue weighted by molar-refractivity contribution is -0.132. The average Bonchev–Trinajstić information content (AvgIpc) is 2.59. The van der Waals surface area contributed by atoms with E-state index in [1.807, 2.05) is 4.90 Å². The number of carbonyl (C=O) groups excluding carboxylic acids is 1. The number of rotatable bonds is 3. The molecule has 3 rings (SSSR count). The maximum atomic E-state index is 13.2. The standard InChI is InChI=1S/C16H16ClFN4O2/c17-13-10-12(3-4-14(13)18)20-6-8-21(9-7-20)16(24)11-22-15(23)2-1-5-19-22/h1-5,10H,6-9,11H2. The summed E-state index contributed by atoms with van der Waals surface area (Å²) < 4.78 is 14.4. The molecule has 0 saturated carbocycles. The van der Waals surface area contributed by atoms with E-state index in [0.29, 0.717) is 26.2 Å². The molecule has 0 N–H and O–H groups in total. The van der Waals surface area contributed by atoms with Gasteiger partial charge in [-0.15, -0.1) is 0 Å². The molecular formula is C16H16ClFN4O2. The number of carbonyl (C=O) groups is 1. The van der Waals surface area contributed by atoms with E-state index in [2.05, 4.69) is 5.10 Å². The molecule has 0 spiro atoms. The third-order valence-corrected chi connectivity index (χ3v) is 4.26. The summed E-state index contributed by atoms with van der Waals surface area (Å²) in [6.45, 7) is 2.21. The van der Waals surface area contributed by atoms with E-state index < -0.39 is 5.82 Å². The van der Waals surface area contributed by atoms with E-state index in [4.69, 9.17) is 11.6 Å². The lowest BCUT2D eigenvalue weighted by Gasteiger charge is -2.36. The molecule has 0 radical (unpaired) electrons. The van der Waals surface area contributed by atoms with Gasteiger partial charge in [-0.25, -0.2) is 9.07 Å². The SMILES string of the molecule is O=C(Cn1ncccc1=O)N1CCN(c2ccc(F)c(Cl)c2)CC1. The van der Waals surface area contributed by atoms with E-state index in [1.165, 1.54) is 24.4 Å². The first-order valence-corrected chi connectivity index (χ1v) is 7.92. The average molecular weight is 351 g/mol. The molecule has 1 aliphatic heterocycles. The van der Waals surface area contributed by atoms with Crippen LogP contribution in [-0.4, -0.2) is 46.8 Å². The Balaban J connectivity index is 1.60. The number of benzene rings is 1. The van der Waals surface area contributed by atoms with Crippen molar-refractivity contribution in [2.75, 3.05) is 31.1 Å². The highest BCUT2D eigenvalue weighted by Crippen LogP contribution is 2.23. The predicted octanol–water partition coefficient (Wildman–Crippen LogP) is 1.38. The fourth-order valence-electron chi connectivity index (χ4n) is 2.63. The number of hydrogen-bond acceptors (Lipinski definition) is 4. The zero-order valence-corrected chi connectivity index (χ0v) is 13.6. The molecule has 126 valence electrons. The molecule has 1 fully saturated rings. The van der Waals surface area contributed by atoms with Crippen LogP contribution in [-0.2, 0) is 11.3 Å². The van der Waals surface area contributed by atoms with Gasteiger partial charge in [-0.3, -0.25) is 9.59 Å². The summed E-state index contributed by atoms with van der Waals surface area (Å²) >= 11 is 5.81. The molecule has 0 unspecified atom stereocenters.